The number of nitrogens with zero attached hydrogens (tertiary/aromatic N) is 3. The van der Waals surface area contributed by atoms with Crippen molar-refractivity contribution in [2.24, 2.45) is 0 Å². The van der Waals surface area contributed by atoms with Crippen LogP contribution in [0.25, 0.3) is 6.08 Å². The molecule has 1 saturated heterocycles. The normalized spacial score (nSPS) is 18.4. The number of hydrogen-bond acceptors (Lipinski definition) is 5. The van der Waals surface area contributed by atoms with Crippen molar-refractivity contribution >= 4 is 21.9 Å². The molecule has 1 fully saturated rings. The van der Waals surface area contributed by atoms with E-state index in [4.69, 9.17) is 5.26 Å². The molecule has 2 heterocycles. The van der Waals surface area contributed by atoms with Crippen LogP contribution < -0.4 is 0 Å². The molecule has 2 aromatic carbocycles. The highest BCUT2D eigenvalue weighted by Gasteiger charge is 2.38. The van der Waals surface area contributed by atoms with Crippen molar-refractivity contribution in [3.05, 3.63) is 101 Å². The minimum atomic E-state index is -3.97. The number of halogens is 1. The van der Waals surface area contributed by atoms with Crippen LogP contribution in [0.2, 0.25) is 0 Å². The van der Waals surface area contributed by atoms with Crippen molar-refractivity contribution in [3.63, 3.8) is 0 Å². The number of hydrogen-bond donors (Lipinski definition) is 0. The maximum absolute atomic E-state index is 14.2. The standard InChI is InChI=1S/C24H18FN3O3S/c25-23-6-2-1-4-18(23)12-20-15-28(16-22(24(20)29)19-5-3-11-27-14-19)32(30,31)21-9-7-17(13-26)8-10-21/h1-12,14,22H,15-16H2. The van der Waals surface area contributed by atoms with Crippen LogP contribution in [0.3, 0.4) is 0 Å². The van der Waals surface area contributed by atoms with Crippen molar-refractivity contribution < 1.29 is 17.6 Å². The molecule has 0 bridgehead atoms. The number of aromatic nitrogens is 1. The molecule has 6 nitrogen and oxygen atoms in total. The minimum Gasteiger partial charge on any atom is -0.294 e. The number of carbonyl (C=O) groups is 1. The fourth-order valence-electron chi connectivity index (χ4n) is 3.61. The predicted octanol–water partition coefficient (Wildman–Crippen LogP) is 3.53. The van der Waals surface area contributed by atoms with Gasteiger partial charge < -0.3 is 0 Å². The van der Waals surface area contributed by atoms with E-state index < -0.39 is 21.8 Å². The van der Waals surface area contributed by atoms with Crippen molar-refractivity contribution in [2.75, 3.05) is 13.1 Å². The lowest BCUT2D eigenvalue weighted by atomic mass is 9.87. The lowest BCUT2D eigenvalue weighted by Crippen LogP contribution is -2.44. The number of piperidine rings is 1. The summed E-state index contributed by atoms with van der Waals surface area (Å²) in [5.41, 5.74) is 1.31. The first-order valence-corrected chi connectivity index (χ1v) is 11.2. The second kappa shape index (κ2) is 8.83. The van der Waals surface area contributed by atoms with Gasteiger partial charge in [-0.2, -0.15) is 9.57 Å². The Morgan fingerprint density at radius 3 is 2.50 bits per heavy atom. The molecule has 32 heavy (non-hydrogen) atoms. The highest BCUT2D eigenvalue weighted by molar-refractivity contribution is 7.89. The average molecular weight is 447 g/mol. The molecule has 160 valence electrons. The number of pyridine rings is 1. The Morgan fingerprint density at radius 1 is 1.09 bits per heavy atom. The fourth-order valence-corrected chi connectivity index (χ4v) is 5.04. The molecule has 1 atom stereocenters. The highest BCUT2D eigenvalue weighted by Crippen LogP contribution is 2.31. The van der Waals surface area contributed by atoms with Gasteiger partial charge in [0.2, 0.25) is 10.0 Å². The van der Waals surface area contributed by atoms with Gasteiger partial charge in [-0.05, 0) is 48.0 Å². The third-order valence-electron chi connectivity index (χ3n) is 5.31. The van der Waals surface area contributed by atoms with Gasteiger partial charge in [-0.25, -0.2) is 12.8 Å². The van der Waals surface area contributed by atoms with E-state index in [0.29, 0.717) is 11.1 Å². The van der Waals surface area contributed by atoms with Crippen molar-refractivity contribution in [1.82, 2.24) is 9.29 Å². The van der Waals surface area contributed by atoms with E-state index in [-0.39, 0.29) is 34.9 Å². The highest BCUT2D eigenvalue weighted by atomic mass is 32.2. The lowest BCUT2D eigenvalue weighted by Gasteiger charge is -2.32. The van der Waals surface area contributed by atoms with Crippen LogP contribution >= 0.6 is 0 Å². The Labute approximate surface area is 185 Å². The monoisotopic (exact) mass is 447 g/mol. The number of ketones is 1. The number of carbonyl (C=O) groups excluding carboxylic acids is 1. The first-order chi connectivity index (χ1) is 15.4. The van der Waals surface area contributed by atoms with E-state index in [1.54, 1.807) is 30.5 Å². The molecule has 0 spiro atoms. The zero-order chi connectivity index (χ0) is 22.7. The van der Waals surface area contributed by atoms with Crippen LogP contribution in [0.4, 0.5) is 4.39 Å². The number of sulfonamides is 1. The first kappa shape index (κ1) is 21.6. The number of Topliss-reactive ketones (excluding diaryl/α,β-unsaturated/α-hetero) is 1. The smallest absolute Gasteiger partial charge is 0.243 e. The molecular weight excluding hydrogens is 429 g/mol. The summed E-state index contributed by atoms with van der Waals surface area (Å²) in [6.45, 7) is -0.256. The van der Waals surface area contributed by atoms with Gasteiger partial charge in [0.25, 0.3) is 0 Å². The number of benzene rings is 2. The molecule has 1 aliphatic heterocycles. The lowest BCUT2D eigenvalue weighted by molar-refractivity contribution is -0.118. The van der Waals surface area contributed by atoms with Crippen LogP contribution in [0.1, 0.15) is 22.6 Å². The first-order valence-electron chi connectivity index (χ1n) is 9.79. The van der Waals surface area contributed by atoms with Crippen LogP contribution in [-0.4, -0.2) is 36.6 Å². The zero-order valence-electron chi connectivity index (χ0n) is 16.8. The SMILES string of the molecule is N#Cc1ccc(S(=O)(=O)N2CC(=Cc3ccccc3F)C(=O)C(c3cccnc3)C2)cc1. The van der Waals surface area contributed by atoms with Gasteiger partial charge in [-0.3, -0.25) is 9.78 Å². The maximum Gasteiger partial charge on any atom is 0.243 e. The van der Waals surface area contributed by atoms with Crippen LogP contribution in [0.15, 0.2) is 83.5 Å². The fraction of sp³-hybridized carbons (Fsp3) is 0.125. The summed E-state index contributed by atoms with van der Waals surface area (Å²) >= 11 is 0. The molecule has 0 radical (unpaired) electrons. The zero-order valence-corrected chi connectivity index (χ0v) is 17.7. The third kappa shape index (κ3) is 4.21. The summed E-state index contributed by atoms with van der Waals surface area (Å²) in [4.78, 5) is 17.3. The Balaban J connectivity index is 1.78. The molecule has 1 aromatic heterocycles. The van der Waals surface area contributed by atoms with Gasteiger partial charge in [0, 0.05) is 36.6 Å². The number of rotatable bonds is 4. The molecule has 0 saturated carbocycles. The summed E-state index contributed by atoms with van der Waals surface area (Å²) in [6, 6.07) is 16.9. The molecule has 3 aromatic rings. The van der Waals surface area contributed by atoms with Crippen molar-refractivity contribution in [3.8, 4) is 6.07 Å². The molecular formula is C24H18FN3O3S. The summed E-state index contributed by atoms with van der Waals surface area (Å²) < 4.78 is 42.1. The van der Waals surface area contributed by atoms with Gasteiger partial charge in [0.1, 0.15) is 5.82 Å². The summed E-state index contributed by atoms with van der Waals surface area (Å²) in [5, 5.41) is 8.98. The topological polar surface area (TPSA) is 91.1 Å². The predicted molar refractivity (Wildman–Crippen MR) is 116 cm³/mol. The van der Waals surface area contributed by atoms with E-state index >= 15 is 0 Å². The van der Waals surface area contributed by atoms with Crippen LogP contribution in [0.5, 0.6) is 0 Å². The van der Waals surface area contributed by atoms with Crippen LogP contribution in [0, 0.1) is 17.1 Å². The van der Waals surface area contributed by atoms with Gasteiger partial charge in [0.15, 0.2) is 5.78 Å². The average Bonchev–Trinajstić information content (AvgIpc) is 2.82. The molecule has 1 unspecified atom stereocenters. The Bertz CT molecular complexity index is 1330. The van der Waals surface area contributed by atoms with E-state index in [0.717, 1.165) is 0 Å². The summed E-state index contributed by atoms with van der Waals surface area (Å²) in [6.07, 6.45) is 4.50. The Hall–Kier alpha value is -3.67. The molecule has 0 amide bonds. The summed E-state index contributed by atoms with van der Waals surface area (Å²) in [5.74, 6) is -1.55. The van der Waals surface area contributed by atoms with Gasteiger partial charge in [0.05, 0.1) is 22.4 Å². The molecule has 8 heteroatoms. The maximum atomic E-state index is 14.2. The van der Waals surface area contributed by atoms with Gasteiger partial charge >= 0.3 is 0 Å². The van der Waals surface area contributed by atoms with Crippen molar-refractivity contribution in [1.29, 1.82) is 5.26 Å². The second-order valence-corrected chi connectivity index (χ2v) is 9.27. The van der Waals surface area contributed by atoms with E-state index in [9.17, 15) is 17.6 Å². The molecule has 0 aliphatic carbocycles. The van der Waals surface area contributed by atoms with Gasteiger partial charge in [-0.1, -0.05) is 24.3 Å². The van der Waals surface area contributed by atoms with Crippen molar-refractivity contribution in [2.45, 2.75) is 10.8 Å². The quantitative estimate of drug-likeness (QED) is 0.571. The minimum absolute atomic E-state index is 0.0148. The Kier molecular flexibility index (Phi) is 5.95. The summed E-state index contributed by atoms with van der Waals surface area (Å²) in [7, 11) is -3.97. The third-order valence-corrected chi connectivity index (χ3v) is 7.13. The van der Waals surface area contributed by atoms with Crippen LogP contribution in [-0.2, 0) is 14.8 Å². The Morgan fingerprint density at radius 2 is 1.84 bits per heavy atom. The largest absolute Gasteiger partial charge is 0.294 e. The number of nitriles is 1. The van der Waals surface area contributed by atoms with E-state index in [1.165, 1.54) is 53.0 Å². The molecule has 1 aliphatic rings. The van der Waals surface area contributed by atoms with Gasteiger partial charge in [-0.15, -0.1) is 0 Å². The van der Waals surface area contributed by atoms with E-state index in [1.807, 2.05) is 6.07 Å². The molecule has 0 N–H and O–H groups in total. The van der Waals surface area contributed by atoms with E-state index in [2.05, 4.69) is 4.98 Å². The molecule has 4 rings (SSSR count). The second-order valence-electron chi connectivity index (χ2n) is 7.33.